The molecule has 2 aromatic rings. The average Bonchev–Trinajstić information content (AvgIpc) is 2.38. The van der Waals surface area contributed by atoms with Gasteiger partial charge in [-0.1, -0.05) is 11.6 Å². The number of methoxy groups -OCH3 is 1. The van der Waals surface area contributed by atoms with E-state index in [1.165, 1.54) is 0 Å². The third kappa shape index (κ3) is 2.22. The fourth-order valence-corrected chi connectivity index (χ4v) is 1.77. The zero-order valence-electron chi connectivity index (χ0n) is 9.14. The lowest BCUT2D eigenvalue weighted by Crippen LogP contribution is -1.91. The summed E-state index contributed by atoms with van der Waals surface area (Å²) >= 11 is 5.95. The Labute approximate surface area is 104 Å². The molecule has 0 N–H and O–H groups in total. The Kier molecular flexibility index (Phi) is 3.27. The Hall–Kier alpha value is -2.05. The Balaban J connectivity index is 2.68. The number of halogens is 1. The molecule has 0 unspecified atom stereocenters. The van der Waals surface area contributed by atoms with Gasteiger partial charge >= 0.3 is 0 Å². The van der Waals surface area contributed by atoms with Crippen molar-refractivity contribution in [1.82, 2.24) is 4.98 Å². The molecule has 17 heavy (non-hydrogen) atoms. The summed E-state index contributed by atoms with van der Waals surface area (Å²) in [5.74, 6) is 0.666. The van der Waals surface area contributed by atoms with Crippen molar-refractivity contribution in [2.24, 2.45) is 0 Å². The minimum Gasteiger partial charge on any atom is -0.496 e. The SMILES string of the molecule is COc1ccncc1-c1cc(Cl)ccc1C#N. The van der Waals surface area contributed by atoms with E-state index in [0.29, 0.717) is 16.3 Å². The van der Waals surface area contributed by atoms with Gasteiger partial charge in [-0.25, -0.2) is 0 Å². The Morgan fingerprint density at radius 2 is 2.12 bits per heavy atom. The van der Waals surface area contributed by atoms with E-state index in [9.17, 15) is 0 Å². The van der Waals surface area contributed by atoms with Gasteiger partial charge in [-0.2, -0.15) is 5.26 Å². The van der Waals surface area contributed by atoms with E-state index >= 15 is 0 Å². The molecule has 0 bridgehead atoms. The summed E-state index contributed by atoms with van der Waals surface area (Å²) in [6.07, 6.45) is 3.30. The highest BCUT2D eigenvalue weighted by Gasteiger charge is 2.10. The molecule has 0 aliphatic rings. The molecule has 4 heteroatoms. The standard InChI is InChI=1S/C13H9ClN2O/c1-17-13-4-5-16-8-12(13)11-6-10(14)3-2-9(11)7-15/h2-6,8H,1H3. The molecule has 0 aliphatic carbocycles. The third-order valence-corrected chi connectivity index (χ3v) is 2.63. The van der Waals surface area contributed by atoms with Crippen LogP contribution in [0, 0.1) is 11.3 Å². The first-order valence-corrected chi connectivity index (χ1v) is 5.32. The van der Waals surface area contributed by atoms with Gasteiger partial charge in [0.15, 0.2) is 0 Å². The predicted octanol–water partition coefficient (Wildman–Crippen LogP) is 3.28. The van der Waals surface area contributed by atoms with Crippen molar-refractivity contribution in [3.8, 4) is 22.9 Å². The number of benzene rings is 1. The number of ether oxygens (including phenoxy) is 1. The first kappa shape index (κ1) is 11.4. The van der Waals surface area contributed by atoms with Gasteiger partial charge in [-0.15, -0.1) is 0 Å². The van der Waals surface area contributed by atoms with Crippen LogP contribution in [-0.4, -0.2) is 12.1 Å². The number of nitriles is 1. The van der Waals surface area contributed by atoms with E-state index in [1.54, 1.807) is 43.8 Å². The lowest BCUT2D eigenvalue weighted by atomic mass is 10.0. The van der Waals surface area contributed by atoms with Crippen LogP contribution in [-0.2, 0) is 0 Å². The molecule has 3 nitrogen and oxygen atoms in total. The Morgan fingerprint density at radius 3 is 2.82 bits per heavy atom. The molecule has 0 aliphatic heterocycles. The van der Waals surface area contributed by atoms with Crippen LogP contribution in [0.3, 0.4) is 0 Å². The maximum Gasteiger partial charge on any atom is 0.129 e. The van der Waals surface area contributed by atoms with Gasteiger partial charge in [0.2, 0.25) is 0 Å². The zero-order chi connectivity index (χ0) is 12.3. The maximum absolute atomic E-state index is 9.08. The van der Waals surface area contributed by atoms with Crippen LogP contribution in [0.25, 0.3) is 11.1 Å². The molecule has 1 aromatic heterocycles. The monoisotopic (exact) mass is 244 g/mol. The molecule has 0 saturated carbocycles. The van der Waals surface area contributed by atoms with E-state index in [-0.39, 0.29) is 0 Å². The largest absolute Gasteiger partial charge is 0.496 e. The van der Waals surface area contributed by atoms with Crippen LogP contribution in [0.5, 0.6) is 5.75 Å². The summed E-state index contributed by atoms with van der Waals surface area (Å²) in [4.78, 5) is 4.04. The van der Waals surface area contributed by atoms with Gasteiger partial charge in [-0.3, -0.25) is 4.98 Å². The second-order valence-corrected chi connectivity index (χ2v) is 3.81. The summed E-state index contributed by atoms with van der Waals surface area (Å²) in [6, 6.07) is 8.99. The van der Waals surface area contributed by atoms with E-state index < -0.39 is 0 Å². The molecular formula is C13H9ClN2O. The maximum atomic E-state index is 9.08. The van der Waals surface area contributed by atoms with Crippen LogP contribution in [0.4, 0.5) is 0 Å². The molecular weight excluding hydrogens is 236 g/mol. The third-order valence-electron chi connectivity index (χ3n) is 2.39. The predicted molar refractivity (Wildman–Crippen MR) is 66.0 cm³/mol. The second kappa shape index (κ2) is 4.86. The molecule has 1 aromatic carbocycles. The fourth-order valence-electron chi connectivity index (χ4n) is 1.60. The van der Waals surface area contributed by atoms with E-state index in [1.807, 2.05) is 0 Å². The Bertz CT molecular complexity index is 590. The summed E-state index contributed by atoms with van der Waals surface area (Å²) in [6.45, 7) is 0. The molecule has 84 valence electrons. The second-order valence-electron chi connectivity index (χ2n) is 3.38. The number of pyridine rings is 1. The first-order chi connectivity index (χ1) is 8.26. The lowest BCUT2D eigenvalue weighted by Gasteiger charge is -2.09. The molecule has 0 fully saturated rings. The minimum absolute atomic E-state index is 0.542. The van der Waals surface area contributed by atoms with Crippen molar-refractivity contribution < 1.29 is 4.74 Å². The summed E-state index contributed by atoms with van der Waals surface area (Å²) in [5, 5.41) is 9.65. The van der Waals surface area contributed by atoms with Crippen LogP contribution < -0.4 is 4.74 Å². The van der Waals surface area contributed by atoms with Crippen molar-refractivity contribution in [2.75, 3.05) is 7.11 Å². The molecule has 0 radical (unpaired) electrons. The number of nitrogens with zero attached hydrogens (tertiary/aromatic N) is 2. The normalized spacial score (nSPS) is 9.71. The molecule has 1 heterocycles. The molecule has 0 amide bonds. The highest BCUT2D eigenvalue weighted by atomic mass is 35.5. The highest BCUT2D eigenvalue weighted by molar-refractivity contribution is 6.31. The topological polar surface area (TPSA) is 45.9 Å². The first-order valence-electron chi connectivity index (χ1n) is 4.94. The highest BCUT2D eigenvalue weighted by Crippen LogP contribution is 2.32. The van der Waals surface area contributed by atoms with E-state index in [0.717, 1.165) is 11.1 Å². The van der Waals surface area contributed by atoms with Crippen LogP contribution in [0.15, 0.2) is 36.7 Å². The van der Waals surface area contributed by atoms with Gasteiger partial charge in [0.05, 0.1) is 18.7 Å². The fraction of sp³-hybridized carbons (Fsp3) is 0.0769. The number of rotatable bonds is 2. The van der Waals surface area contributed by atoms with Gasteiger partial charge in [0.1, 0.15) is 5.75 Å². The van der Waals surface area contributed by atoms with Crippen molar-refractivity contribution in [3.63, 3.8) is 0 Å². The molecule has 2 rings (SSSR count). The molecule has 0 atom stereocenters. The van der Waals surface area contributed by atoms with E-state index in [4.69, 9.17) is 21.6 Å². The average molecular weight is 245 g/mol. The van der Waals surface area contributed by atoms with Crippen LogP contribution >= 0.6 is 11.6 Å². The van der Waals surface area contributed by atoms with Gasteiger partial charge < -0.3 is 4.74 Å². The zero-order valence-corrected chi connectivity index (χ0v) is 9.90. The van der Waals surface area contributed by atoms with Gasteiger partial charge in [-0.05, 0) is 24.3 Å². The van der Waals surface area contributed by atoms with Crippen LogP contribution in [0.1, 0.15) is 5.56 Å². The van der Waals surface area contributed by atoms with E-state index in [2.05, 4.69) is 11.1 Å². The number of hydrogen-bond acceptors (Lipinski definition) is 3. The summed E-state index contributed by atoms with van der Waals surface area (Å²) in [7, 11) is 1.58. The van der Waals surface area contributed by atoms with Crippen molar-refractivity contribution >= 4 is 11.6 Å². The summed E-state index contributed by atoms with van der Waals surface area (Å²) in [5.41, 5.74) is 2.03. The molecule has 0 spiro atoms. The minimum atomic E-state index is 0.542. The number of hydrogen-bond donors (Lipinski definition) is 0. The van der Waals surface area contributed by atoms with Gasteiger partial charge in [0.25, 0.3) is 0 Å². The van der Waals surface area contributed by atoms with Crippen molar-refractivity contribution in [1.29, 1.82) is 5.26 Å². The summed E-state index contributed by atoms with van der Waals surface area (Å²) < 4.78 is 5.25. The Morgan fingerprint density at radius 1 is 1.29 bits per heavy atom. The smallest absolute Gasteiger partial charge is 0.129 e. The van der Waals surface area contributed by atoms with Gasteiger partial charge in [0, 0.05) is 28.5 Å². The molecule has 0 saturated heterocycles. The van der Waals surface area contributed by atoms with Crippen LogP contribution in [0.2, 0.25) is 5.02 Å². The quantitative estimate of drug-likeness (QED) is 0.814. The van der Waals surface area contributed by atoms with Crippen molar-refractivity contribution in [2.45, 2.75) is 0 Å². The van der Waals surface area contributed by atoms with Crippen molar-refractivity contribution in [3.05, 3.63) is 47.2 Å². The number of aromatic nitrogens is 1. The lowest BCUT2D eigenvalue weighted by molar-refractivity contribution is 0.416.